The minimum atomic E-state index is -1.52. The number of nitrogens with two attached hydrogens (primary N) is 1. The standard InChI is InChI=1S/C10H11N3O3/c11-8-7(5-1-2-5)3-6(4-12-8)13-9(14)10(15)16/h3-5H,1-2H2,(H2,11,12)(H,13,14)(H,15,16). The van der Waals surface area contributed by atoms with Crippen LogP contribution in [0.5, 0.6) is 0 Å². The molecule has 0 aliphatic heterocycles. The first-order valence-electron chi connectivity index (χ1n) is 4.87. The first-order valence-corrected chi connectivity index (χ1v) is 4.87. The minimum Gasteiger partial charge on any atom is -0.474 e. The summed E-state index contributed by atoms with van der Waals surface area (Å²) in [6, 6.07) is 1.68. The normalized spacial score (nSPS) is 14.5. The van der Waals surface area contributed by atoms with Crippen molar-refractivity contribution in [1.82, 2.24) is 4.98 Å². The highest BCUT2D eigenvalue weighted by Gasteiger charge is 2.26. The van der Waals surface area contributed by atoms with Gasteiger partial charge in [-0.3, -0.25) is 4.79 Å². The molecule has 0 spiro atoms. The molecule has 1 heterocycles. The monoisotopic (exact) mass is 221 g/mol. The second kappa shape index (κ2) is 3.80. The number of hydrogen-bond acceptors (Lipinski definition) is 4. The zero-order valence-electron chi connectivity index (χ0n) is 8.43. The summed E-state index contributed by atoms with van der Waals surface area (Å²) in [7, 11) is 0. The van der Waals surface area contributed by atoms with Gasteiger partial charge in [0.25, 0.3) is 0 Å². The SMILES string of the molecule is Nc1ncc(NC(=O)C(=O)O)cc1C1CC1. The van der Waals surface area contributed by atoms with Crippen molar-refractivity contribution in [3.8, 4) is 0 Å². The lowest BCUT2D eigenvalue weighted by Crippen LogP contribution is -2.22. The molecule has 1 aromatic heterocycles. The summed E-state index contributed by atoms with van der Waals surface area (Å²) < 4.78 is 0. The van der Waals surface area contributed by atoms with Gasteiger partial charge in [-0.1, -0.05) is 0 Å². The van der Waals surface area contributed by atoms with E-state index in [1.807, 2.05) is 0 Å². The molecule has 1 aromatic rings. The third-order valence-corrected chi connectivity index (χ3v) is 2.42. The van der Waals surface area contributed by atoms with Crippen molar-refractivity contribution in [3.63, 3.8) is 0 Å². The maximum Gasteiger partial charge on any atom is 0.394 e. The van der Waals surface area contributed by atoms with E-state index in [0.29, 0.717) is 17.4 Å². The molecule has 2 rings (SSSR count). The van der Waals surface area contributed by atoms with Crippen LogP contribution in [0.1, 0.15) is 24.3 Å². The molecule has 6 nitrogen and oxygen atoms in total. The zero-order valence-corrected chi connectivity index (χ0v) is 8.43. The second-order valence-electron chi connectivity index (χ2n) is 3.73. The van der Waals surface area contributed by atoms with E-state index in [-0.39, 0.29) is 0 Å². The predicted molar refractivity (Wildman–Crippen MR) is 56.9 cm³/mol. The summed E-state index contributed by atoms with van der Waals surface area (Å²) in [5.74, 6) is -1.76. The van der Waals surface area contributed by atoms with Crippen LogP contribution >= 0.6 is 0 Å². The predicted octanol–water partition coefficient (Wildman–Crippen LogP) is 0.564. The fourth-order valence-corrected chi connectivity index (χ4v) is 1.47. The average Bonchev–Trinajstić information content (AvgIpc) is 3.04. The van der Waals surface area contributed by atoms with Crippen molar-refractivity contribution in [3.05, 3.63) is 17.8 Å². The maximum atomic E-state index is 10.9. The van der Waals surface area contributed by atoms with Crippen LogP contribution in [0, 0.1) is 0 Å². The molecule has 84 valence electrons. The Hall–Kier alpha value is -2.11. The number of pyridine rings is 1. The van der Waals surface area contributed by atoms with E-state index in [1.165, 1.54) is 6.20 Å². The lowest BCUT2D eigenvalue weighted by molar-refractivity contribution is -0.147. The Bertz CT molecular complexity index is 455. The topological polar surface area (TPSA) is 105 Å². The van der Waals surface area contributed by atoms with Crippen molar-refractivity contribution in [2.45, 2.75) is 18.8 Å². The maximum absolute atomic E-state index is 10.9. The number of nitrogens with zero attached hydrogens (tertiary/aromatic N) is 1. The number of anilines is 2. The molecule has 1 amide bonds. The summed E-state index contributed by atoms with van der Waals surface area (Å²) in [6.07, 6.45) is 3.46. The molecule has 4 N–H and O–H groups in total. The molecule has 1 saturated carbocycles. The van der Waals surface area contributed by atoms with Crippen LogP contribution in [0.2, 0.25) is 0 Å². The van der Waals surface area contributed by atoms with E-state index >= 15 is 0 Å². The Balaban J connectivity index is 2.19. The van der Waals surface area contributed by atoms with Gasteiger partial charge in [-0.05, 0) is 30.4 Å². The van der Waals surface area contributed by atoms with E-state index < -0.39 is 11.9 Å². The number of carboxylic acid groups (broad SMARTS) is 1. The van der Waals surface area contributed by atoms with E-state index in [1.54, 1.807) is 6.07 Å². The quantitative estimate of drug-likeness (QED) is 0.633. The number of carbonyl (C=O) groups is 2. The Morgan fingerprint density at radius 1 is 1.50 bits per heavy atom. The van der Waals surface area contributed by atoms with Crippen LogP contribution in [-0.4, -0.2) is 22.0 Å². The van der Waals surface area contributed by atoms with Crippen LogP contribution < -0.4 is 11.1 Å². The molecule has 0 atom stereocenters. The molecule has 1 fully saturated rings. The number of carboxylic acids is 1. The van der Waals surface area contributed by atoms with Gasteiger partial charge in [0, 0.05) is 0 Å². The molecule has 6 heteroatoms. The van der Waals surface area contributed by atoms with Crippen molar-refractivity contribution in [2.75, 3.05) is 11.1 Å². The highest BCUT2D eigenvalue weighted by Crippen LogP contribution is 2.42. The van der Waals surface area contributed by atoms with Crippen LogP contribution in [0.15, 0.2) is 12.3 Å². The largest absolute Gasteiger partial charge is 0.474 e. The molecule has 0 aromatic carbocycles. The van der Waals surface area contributed by atoms with Crippen molar-refractivity contribution in [2.24, 2.45) is 0 Å². The van der Waals surface area contributed by atoms with Crippen LogP contribution in [-0.2, 0) is 9.59 Å². The van der Waals surface area contributed by atoms with Gasteiger partial charge >= 0.3 is 11.9 Å². The summed E-state index contributed by atoms with van der Waals surface area (Å²) in [5.41, 5.74) is 6.92. The van der Waals surface area contributed by atoms with E-state index in [0.717, 1.165) is 18.4 Å². The number of hydrogen-bond donors (Lipinski definition) is 3. The van der Waals surface area contributed by atoms with Crippen LogP contribution in [0.4, 0.5) is 11.5 Å². The summed E-state index contributed by atoms with van der Waals surface area (Å²) in [4.78, 5) is 25.2. The van der Waals surface area contributed by atoms with E-state index in [9.17, 15) is 9.59 Å². The molecule has 1 aliphatic rings. The van der Waals surface area contributed by atoms with Crippen LogP contribution in [0.25, 0.3) is 0 Å². The highest BCUT2D eigenvalue weighted by molar-refractivity contribution is 6.36. The number of rotatable bonds is 2. The molecule has 16 heavy (non-hydrogen) atoms. The van der Waals surface area contributed by atoms with E-state index in [2.05, 4.69) is 10.3 Å². The lowest BCUT2D eigenvalue weighted by atomic mass is 10.1. The van der Waals surface area contributed by atoms with Gasteiger partial charge < -0.3 is 16.2 Å². The third kappa shape index (κ3) is 2.10. The second-order valence-corrected chi connectivity index (χ2v) is 3.73. The van der Waals surface area contributed by atoms with Gasteiger partial charge in [-0.2, -0.15) is 0 Å². The molecule has 1 aliphatic carbocycles. The summed E-state index contributed by atoms with van der Waals surface area (Å²) in [5, 5.41) is 10.7. The molecular formula is C10H11N3O3. The van der Waals surface area contributed by atoms with E-state index in [4.69, 9.17) is 10.8 Å². The molecule has 0 radical (unpaired) electrons. The van der Waals surface area contributed by atoms with Gasteiger partial charge in [0.15, 0.2) is 0 Å². The number of nitrogens with one attached hydrogen (secondary N) is 1. The van der Waals surface area contributed by atoms with Gasteiger partial charge in [0.1, 0.15) is 5.82 Å². The fourth-order valence-electron chi connectivity index (χ4n) is 1.47. The van der Waals surface area contributed by atoms with Gasteiger partial charge in [-0.25, -0.2) is 9.78 Å². The van der Waals surface area contributed by atoms with Crippen molar-refractivity contribution in [1.29, 1.82) is 0 Å². The number of carbonyl (C=O) groups excluding carboxylic acids is 1. The first-order chi connectivity index (χ1) is 7.58. The summed E-state index contributed by atoms with van der Waals surface area (Å²) in [6.45, 7) is 0. The van der Waals surface area contributed by atoms with Crippen molar-refractivity contribution < 1.29 is 14.7 Å². The number of aromatic nitrogens is 1. The molecule has 0 bridgehead atoms. The van der Waals surface area contributed by atoms with Crippen LogP contribution in [0.3, 0.4) is 0 Å². The van der Waals surface area contributed by atoms with Crippen molar-refractivity contribution >= 4 is 23.4 Å². The van der Waals surface area contributed by atoms with Gasteiger partial charge in [-0.15, -0.1) is 0 Å². The Kier molecular flexibility index (Phi) is 2.47. The number of amides is 1. The average molecular weight is 221 g/mol. The van der Waals surface area contributed by atoms with Gasteiger partial charge in [0.05, 0.1) is 11.9 Å². The lowest BCUT2D eigenvalue weighted by Gasteiger charge is -2.06. The molecule has 0 saturated heterocycles. The fraction of sp³-hybridized carbons (Fsp3) is 0.300. The Labute approximate surface area is 91.5 Å². The minimum absolute atomic E-state index is 0.364. The Morgan fingerprint density at radius 3 is 2.75 bits per heavy atom. The van der Waals surface area contributed by atoms with Gasteiger partial charge in [0.2, 0.25) is 0 Å². The zero-order chi connectivity index (χ0) is 11.7. The smallest absolute Gasteiger partial charge is 0.394 e. The summed E-state index contributed by atoms with van der Waals surface area (Å²) >= 11 is 0. The first kappa shape index (κ1) is 10.4. The Morgan fingerprint density at radius 2 is 2.19 bits per heavy atom. The highest BCUT2D eigenvalue weighted by atomic mass is 16.4. The molecule has 0 unspecified atom stereocenters. The number of nitrogen functional groups attached to an aromatic ring is 1. The number of aliphatic carboxylic acids is 1. The third-order valence-electron chi connectivity index (χ3n) is 2.42. The molecular weight excluding hydrogens is 210 g/mol.